The van der Waals surface area contributed by atoms with Crippen LogP contribution in [0.4, 0.5) is 0 Å². The maximum atomic E-state index is 12.6. The zero-order valence-corrected chi connectivity index (χ0v) is 13.6. The standard InChI is InChI=1S/C18H21N3O3/c22-18(21-10-9-20-8-4-5-14(20)11-21)16-12-24-17(19-16)13-23-15-6-2-1-3-7-15/h1-3,6-7,12,14H,4-5,8-11,13H2/t14-/m0/s1. The average Bonchev–Trinajstić information content (AvgIpc) is 3.29. The number of aromatic nitrogens is 1. The number of piperazine rings is 1. The van der Waals surface area contributed by atoms with Crippen LogP contribution in [0.1, 0.15) is 29.2 Å². The number of carbonyl (C=O) groups is 1. The molecule has 0 spiro atoms. The predicted octanol–water partition coefficient (Wildman–Crippen LogP) is 2.17. The van der Waals surface area contributed by atoms with Gasteiger partial charge >= 0.3 is 0 Å². The van der Waals surface area contributed by atoms with E-state index in [1.54, 1.807) is 0 Å². The van der Waals surface area contributed by atoms with Gasteiger partial charge in [0.2, 0.25) is 5.89 Å². The fourth-order valence-electron chi connectivity index (χ4n) is 3.47. The van der Waals surface area contributed by atoms with E-state index in [1.165, 1.54) is 19.1 Å². The van der Waals surface area contributed by atoms with Gasteiger partial charge in [-0.3, -0.25) is 9.69 Å². The van der Waals surface area contributed by atoms with Crippen LogP contribution in [0.3, 0.4) is 0 Å². The smallest absolute Gasteiger partial charge is 0.275 e. The molecule has 1 atom stereocenters. The molecule has 6 nitrogen and oxygen atoms in total. The Morgan fingerprint density at radius 2 is 2.12 bits per heavy atom. The van der Waals surface area contributed by atoms with Gasteiger partial charge in [0.05, 0.1) is 0 Å². The minimum atomic E-state index is -0.0451. The molecule has 1 aromatic carbocycles. The summed E-state index contributed by atoms with van der Waals surface area (Å²) in [5, 5.41) is 0. The normalized spacial score (nSPS) is 20.8. The Hall–Kier alpha value is -2.34. The maximum Gasteiger partial charge on any atom is 0.275 e. The second kappa shape index (κ2) is 6.65. The second-order valence-electron chi connectivity index (χ2n) is 6.31. The molecule has 1 aromatic heterocycles. The van der Waals surface area contributed by atoms with Crippen LogP contribution in [-0.2, 0) is 6.61 Å². The molecule has 126 valence electrons. The van der Waals surface area contributed by atoms with E-state index in [2.05, 4.69) is 9.88 Å². The summed E-state index contributed by atoms with van der Waals surface area (Å²) in [4.78, 5) is 21.3. The molecule has 0 aliphatic carbocycles. The third kappa shape index (κ3) is 3.14. The molecule has 2 aromatic rings. The van der Waals surface area contributed by atoms with E-state index in [1.807, 2.05) is 35.2 Å². The molecule has 1 amide bonds. The molecule has 2 saturated heterocycles. The Kier molecular flexibility index (Phi) is 4.21. The monoisotopic (exact) mass is 327 g/mol. The van der Waals surface area contributed by atoms with Gasteiger partial charge in [-0.05, 0) is 31.5 Å². The van der Waals surface area contributed by atoms with Gasteiger partial charge in [0.15, 0.2) is 12.3 Å². The summed E-state index contributed by atoms with van der Waals surface area (Å²) >= 11 is 0. The Balaban J connectivity index is 1.36. The van der Waals surface area contributed by atoms with Crippen molar-refractivity contribution in [3.63, 3.8) is 0 Å². The molecule has 0 N–H and O–H groups in total. The highest BCUT2D eigenvalue weighted by Gasteiger charge is 2.33. The van der Waals surface area contributed by atoms with E-state index in [0.717, 1.165) is 31.9 Å². The molecule has 24 heavy (non-hydrogen) atoms. The highest BCUT2D eigenvalue weighted by molar-refractivity contribution is 5.92. The molecule has 0 bridgehead atoms. The van der Waals surface area contributed by atoms with Gasteiger partial charge in [0.25, 0.3) is 5.91 Å². The lowest BCUT2D eigenvalue weighted by atomic mass is 10.1. The summed E-state index contributed by atoms with van der Waals surface area (Å²) in [6, 6.07) is 9.99. The Labute approximate surface area is 141 Å². The number of oxazole rings is 1. The summed E-state index contributed by atoms with van der Waals surface area (Å²) in [6.07, 6.45) is 3.85. The number of fused-ring (bicyclic) bond motifs is 1. The van der Waals surface area contributed by atoms with Gasteiger partial charge < -0.3 is 14.1 Å². The first-order valence-corrected chi connectivity index (χ1v) is 8.45. The number of amides is 1. The molecule has 2 aliphatic rings. The van der Waals surface area contributed by atoms with Crippen LogP contribution in [0.2, 0.25) is 0 Å². The van der Waals surface area contributed by atoms with Crippen molar-refractivity contribution in [2.24, 2.45) is 0 Å². The van der Waals surface area contributed by atoms with Crippen molar-refractivity contribution >= 4 is 5.91 Å². The number of hydrogen-bond donors (Lipinski definition) is 0. The number of hydrogen-bond acceptors (Lipinski definition) is 5. The molecular formula is C18H21N3O3. The van der Waals surface area contributed by atoms with E-state index in [4.69, 9.17) is 9.15 Å². The van der Waals surface area contributed by atoms with Crippen molar-refractivity contribution in [3.05, 3.63) is 48.2 Å². The predicted molar refractivity (Wildman–Crippen MR) is 87.8 cm³/mol. The van der Waals surface area contributed by atoms with Crippen LogP contribution in [0.5, 0.6) is 5.75 Å². The van der Waals surface area contributed by atoms with Gasteiger partial charge in [-0.25, -0.2) is 4.98 Å². The lowest BCUT2D eigenvalue weighted by Gasteiger charge is -2.37. The van der Waals surface area contributed by atoms with Crippen molar-refractivity contribution < 1.29 is 13.9 Å². The first-order chi connectivity index (χ1) is 11.8. The van der Waals surface area contributed by atoms with Gasteiger partial charge in [-0.1, -0.05) is 18.2 Å². The number of ether oxygens (including phenoxy) is 1. The van der Waals surface area contributed by atoms with Crippen molar-refractivity contribution in [3.8, 4) is 5.75 Å². The zero-order valence-electron chi connectivity index (χ0n) is 13.6. The van der Waals surface area contributed by atoms with Crippen molar-refractivity contribution in [2.75, 3.05) is 26.2 Å². The lowest BCUT2D eigenvalue weighted by Crippen LogP contribution is -2.52. The van der Waals surface area contributed by atoms with E-state index in [9.17, 15) is 4.79 Å². The summed E-state index contributed by atoms with van der Waals surface area (Å²) < 4.78 is 11.0. The number of rotatable bonds is 4. The molecule has 4 rings (SSSR count). The molecule has 0 saturated carbocycles. The Morgan fingerprint density at radius 1 is 1.25 bits per heavy atom. The number of benzene rings is 1. The largest absolute Gasteiger partial charge is 0.484 e. The van der Waals surface area contributed by atoms with E-state index < -0.39 is 0 Å². The maximum absolute atomic E-state index is 12.6. The van der Waals surface area contributed by atoms with Gasteiger partial charge in [0, 0.05) is 25.7 Å². The first-order valence-electron chi connectivity index (χ1n) is 8.45. The van der Waals surface area contributed by atoms with E-state index >= 15 is 0 Å². The van der Waals surface area contributed by atoms with Crippen LogP contribution in [0.25, 0.3) is 0 Å². The zero-order chi connectivity index (χ0) is 16.4. The fourth-order valence-corrected chi connectivity index (χ4v) is 3.47. The highest BCUT2D eigenvalue weighted by atomic mass is 16.5. The second-order valence-corrected chi connectivity index (χ2v) is 6.31. The molecule has 2 aliphatic heterocycles. The summed E-state index contributed by atoms with van der Waals surface area (Å²) in [7, 11) is 0. The third-order valence-corrected chi connectivity index (χ3v) is 4.75. The summed E-state index contributed by atoms with van der Waals surface area (Å²) in [6.45, 7) is 3.89. The van der Waals surface area contributed by atoms with Crippen molar-refractivity contribution in [1.29, 1.82) is 0 Å². The minimum Gasteiger partial charge on any atom is -0.484 e. The molecule has 3 heterocycles. The molecule has 0 unspecified atom stereocenters. The van der Waals surface area contributed by atoms with Crippen molar-refractivity contribution in [2.45, 2.75) is 25.5 Å². The molecular weight excluding hydrogens is 306 g/mol. The number of nitrogens with zero attached hydrogens (tertiary/aromatic N) is 3. The molecule has 2 fully saturated rings. The van der Waals surface area contributed by atoms with Crippen LogP contribution in [0, 0.1) is 0 Å². The fraction of sp³-hybridized carbons (Fsp3) is 0.444. The van der Waals surface area contributed by atoms with Crippen LogP contribution in [-0.4, -0.2) is 52.9 Å². The number of para-hydroxylation sites is 1. The molecule has 6 heteroatoms. The third-order valence-electron chi connectivity index (χ3n) is 4.75. The lowest BCUT2D eigenvalue weighted by molar-refractivity contribution is 0.0565. The quantitative estimate of drug-likeness (QED) is 0.861. The SMILES string of the molecule is O=C(c1coc(COc2ccccc2)n1)N1CCN2CCC[C@H]2C1. The number of carbonyl (C=O) groups excluding carboxylic acids is 1. The van der Waals surface area contributed by atoms with Crippen LogP contribution < -0.4 is 4.74 Å². The van der Waals surface area contributed by atoms with Gasteiger partial charge in [0.1, 0.15) is 12.0 Å². The highest BCUT2D eigenvalue weighted by Crippen LogP contribution is 2.22. The summed E-state index contributed by atoms with van der Waals surface area (Å²) in [5.74, 6) is 1.12. The topological polar surface area (TPSA) is 58.8 Å². The van der Waals surface area contributed by atoms with Crippen molar-refractivity contribution in [1.82, 2.24) is 14.8 Å². The first kappa shape index (κ1) is 15.2. The summed E-state index contributed by atoms with van der Waals surface area (Å²) in [5.41, 5.74) is 0.369. The molecule has 0 radical (unpaired) electrons. The minimum absolute atomic E-state index is 0.0451. The van der Waals surface area contributed by atoms with E-state index in [-0.39, 0.29) is 12.5 Å². The van der Waals surface area contributed by atoms with Crippen LogP contribution in [0.15, 0.2) is 41.0 Å². The van der Waals surface area contributed by atoms with Gasteiger partial charge in [-0.15, -0.1) is 0 Å². The Morgan fingerprint density at radius 3 is 3.00 bits per heavy atom. The van der Waals surface area contributed by atoms with Crippen LogP contribution >= 0.6 is 0 Å². The Bertz CT molecular complexity index is 701. The average molecular weight is 327 g/mol. The van der Waals surface area contributed by atoms with E-state index in [0.29, 0.717) is 17.6 Å². The van der Waals surface area contributed by atoms with Gasteiger partial charge in [-0.2, -0.15) is 0 Å².